The lowest BCUT2D eigenvalue weighted by Gasteiger charge is -2.05. The van der Waals surface area contributed by atoms with E-state index in [1.54, 1.807) is 11.3 Å². The van der Waals surface area contributed by atoms with Crippen molar-refractivity contribution in [2.45, 2.75) is 6.61 Å². The summed E-state index contributed by atoms with van der Waals surface area (Å²) in [6, 6.07) is 3.82. The Hall–Kier alpha value is -0.460. The lowest BCUT2D eigenvalue weighted by Crippen LogP contribution is -1.94. The number of hydrogen-bond acceptors (Lipinski definition) is 3. The largest absolute Gasteiger partial charge is 0.392 e. The second-order valence-corrected chi connectivity index (χ2v) is 4.87. The van der Waals surface area contributed by atoms with Crippen molar-refractivity contribution >= 4 is 50.3 Å². The molecule has 4 heteroatoms. The zero-order valence-corrected chi connectivity index (χ0v) is 10.1. The molecule has 0 atom stereocenters. The number of thiophene rings is 1. The number of aliphatic hydroxyl groups is 1. The quantitative estimate of drug-likeness (QED) is 0.683. The highest BCUT2D eigenvalue weighted by Crippen LogP contribution is 2.30. The molecular weight excluding hydrogens is 311 g/mol. The minimum atomic E-state index is -0.0169. The smallest absolute Gasteiger partial charge is 0.151 e. The molecule has 0 radical (unpaired) electrons. The predicted octanol–water partition coefficient (Wildman–Crippen LogP) is 2.81. The molecule has 0 aliphatic rings. The van der Waals surface area contributed by atoms with Crippen molar-refractivity contribution in [3.05, 3.63) is 32.2 Å². The number of carbonyl (C=O) groups is 1. The standard InChI is InChI=1S/C10H7IO2S/c11-9-7(4-12)3-6-1-2-14-10(6)8(9)5-13/h1-4,13H,5H2. The maximum Gasteiger partial charge on any atom is 0.151 e. The number of aliphatic hydroxyl groups excluding tert-OH is 1. The average molecular weight is 318 g/mol. The number of aldehydes is 1. The second-order valence-electron chi connectivity index (χ2n) is 2.87. The molecule has 0 saturated carbocycles. The molecule has 1 heterocycles. The van der Waals surface area contributed by atoms with Gasteiger partial charge in [-0.2, -0.15) is 0 Å². The number of halogens is 1. The molecule has 2 nitrogen and oxygen atoms in total. The molecule has 1 aromatic carbocycles. The third kappa shape index (κ3) is 1.47. The van der Waals surface area contributed by atoms with E-state index in [1.165, 1.54) is 0 Å². The summed E-state index contributed by atoms with van der Waals surface area (Å²) in [6.07, 6.45) is 0.831. The van der Waals surface area contributed by atoms with Crippen molar-refractivity contribution < 1.29 is 9.90 Å². The van der Waals surface area contributed by atoms with Crippen LogP contribution < -0.4 is 0 Å². The monoisotopic (exact) mass is 318 g/mol. The molecule has 72 valence electrons. The summed E-state index contributed by atoms with van der Waals surface area (Å²) in [7, 11) is 0. The van der Waals surface area contributed by atoms with Crippen molar-refractivity contribution in [3.63, 3.8) is 0 Å². The Morgan fingerprint density at radius 2 is 2.36 bits per heavy atom. The van der Waals surface area contributed by atoms with Crippen LogP contribution in [-0.4, -0.2) is 11.4 Å². The van der Waals surface area contributed by atoms with Crippen LogP contribution in [0.15, 0.2) is 17.5 Å². The van der Waals surface area contributed by atoms with E-state index >= 15 is 0 Å². The molecule has 0 spiro atoms. The summed E-state index contributed by atoms with van der Waals surface area (Å²) in [5.74, 6) is 0. The fourth-order valence-corrected chi connectivity index (χ4v) is 3.24. The first kappa shape index (κ1) is 10.1. The van der Waals surface area contributed by atoms with Gasteiger partial charge in [0, 0.05) is 19.4 Å². The Morgan fingerprint density at radius 3 is 3.00 bits per heavy atom. The van der Waals surface area contributed by atoms with Crippen molar-refractivity contribution in [2.24, 2.45) is 0 Å². The van der Waals surface area contributed by atoms with Gasteiger partial charge in [-0.3, -0.25) is 4.79 Å². The molecule has 0 aliphatic carbocycles. The van der Waals surface area contributed by atoms with Gasteiger partial charge in [0.2, 0.25) is 0 Å². The van der Waals surface area contributed by atoms with Gasteiger partial charge in [-0.05, 0) is 45.5 Å². The minimum absolute atomic E-state index is 0.0169. The van der Waals surface area contributed by atoms with E-state index in [-0.39, 0.29) is 6.61 Å². The highest BCUT2D eigenvalue weighted by atomic mass is 127. The van der Waals surface area contributed by atoms with Crippen LogP contribution in [0.2, 0.25) is 0 Å². The third-order valence-electron chi connectivity index (χ3n) is 2.08. The molecule has 14 heavy (non-hydrogen) atoms. The summed E-state index contributed by atoms with van der Waals surface area (Å²) in [5.41, 5.74) is 1.51. The number of hydrogen-bond donors (Lipinski definition) is 1. The third-order valence-corrected chi connectivity index (χ3v) is 4.35. The van der Waals surface area contributed by atoms with Crippen LogP contribution in [0.1, 0.15) is 15.9 Å². The molecular formula is C10H7IO2S. The Morgan fingerprint density at radius 1 is 1.57 bits per heavy atom. The number of benzene rings is 1. The number of rotatable bonds is 2. The zero-order chi connectivity index (χ0) is 10.1. The first-order chi connectivity index (χ1) is 6.77. The molecule has 0 fully saturated rings. The molecule has 1 aromatic heterocycles. The lowest BCUT2D eigenvalue weighted by molar-refractivity contribution is 0.112. The summed E-state index contributed by atoms with van der Waals surface area (Å²) in [4.78, 5) is 10.8. The molecule has 0 aliphatic heterocycles. The van der Waals surface area contributed by atoms with Gasteiger partial charge in [-0.1, -0.05) is 0 Å². The van der Waals surface area contributed by atoms with E-state index in [1.807, 2.05) is 17.5 Å². The van der Waals surface area contributed by atoms with Crippen LogP contribution in [0.5, 0.6) is 0 Å². The second kappa shape index (κ2) is 3.96. The molecule has 1 N–H and O–H groups in total. The predicted molar refractivity (Wildman–Crippen MR) is 65.9 cm³/mol. The molecule has 0 bridgehead atoms. The maximum atomic E-state index is 10.8. The van der Waals surface area contributed by atoms with Crippen LogP contribution in [-0.2, 0) is 6.61 Å². The first-order valence-electron chi connectivity index (χ1n) is 4.02. The lowest BCUT2D eigenvalue weighted by atomic mass is 10.1. The Balaban J connectivity index is 2.87. The molecule has 2 aromatic rings. The van der Waals surface area contributed by atoms with Crippen LogP contribution in [0.3, 0.4) is 0 Å². The zero-order valence-electron chi connectivity index (χ0n) is 7.16. The topological polar surface area (TPSA) is 37.3 Å². The summed E-state index contributed by atoms with van der Waals surface area (Å²) in [5, 5.41) is 12.2. The van der Waals surface area contributed by atoms with Gasteiger partial charge in [-0.15, -0.1) is 11.3 Å². The van der Waals surface area contributed by atoms with Gasteiger partial charge in [0.25, 0.3) is 0 Å². The number of fused-ring (bicyclic) bond motifs is 1. The molecule has 2 rings (SSSR count). The highest BCUT2D eigenvalue weighted by Gasteiger charge is 2.10. The van der Waals surface area contributed by atoms with Crippen molar-refractivity contribution in [3.8, 4) is 0 Å². The normalized spacial score (nSPS) is 10.7. The van der Waals surface area contributed by atoms with Gasteiger partial charge >= 0.3 is 0 Å². The maximum absolute atomic E-state index is 10.8. The van der Waals surface area contributed by atoms with Gasteiger partial charge in [0.15, 0.2) is 6.29 Å². The minimum Gasteiger partial charge on any atom is -0.392 e. The SMILES string of the molecule is O=Cc1cc2ccsc2c(CO)c1I. The summed E-state index contributed by atoms with van der Waals surface area (Å²) >= 11 is 3.69. The van der Waals surface area contributed by atoms with Gasteiger partial charge in [0.1, 0.15) is 0 Å². The van der Waals surface area contributed by atoms with E-state index in [0.717, 1.165) is 25.5 Å². The van der Waals surface area contributed by atoms with E-state index < -0.39 is 0 Å². The fourth-order valence-electron chi connectivity index (χ4n) is 1.41. The van der Waals surface area contributed by atoms with Crippen LogP contribution >= 0.6 is 33.9 Å². The van der Waals surface area contributed by atoms with Crippen LogP contribution in [0, 0.1) is 3.57 Å². The van der Waals surface area contributed by atoms with Crippen LogP contribution in [0.4, 0.5) is 0 Å². The summed E-state index contributed by atoms with van der Waals surface area (Å²) < 4.78 is 1.93. The Kier molecular flexibility index (Phi) is 2.85. The molecule has 0 unspecified atom stereocenters. The van der Waals surface area contributed by atoms with E-state index in [4.69, 9.17) is 0 Å². The first-order valence-corrected chi connectivity index (χ1v) is 5.98. The van der Waals surface area contributed by atoms with E-state index in [2.05, 4.69) is 22.6 Å². The van der Waals surface area contributed by atoms with E-state index in [9.17, 15) is 9.90 Å². The van der Waals surface area contributed by atoms with Gasteiger partial charge in [0.05, 0.1) is 6.61 Å². The molecule has 0 amide bonds. The van der Waals surface area contributed by atoms with Gasteiger partial charge in [-0.25, -0.2) is 0 Å². The summed E-state index contributed by atoms with van der Waals surface area (Å²) in [6.45, 7) is -0.0169. The highest BCUT2D eigenvalue weighted by molar-refractivity contribution is 14.1. The van der Waals surface area contributed by atoms with Crippen molar-refractivity contribution in [1.82, 2.24) is 0 Å². The van der Waals surface area contributed by atoms with Crippen molar-refractivity contribution in [2.75, 3.05) is 0 Å². The van der Waals surface area contributed by atoms with E-state index in [0.29, 0.717) is 5.56 Å². The average Bonchev–Trinajstić information content (AvgIpc) is 2.64. The Bertz CT molecular complexity index is 490. The van der Waals surface area contributed by atoms with Crippen molar-refractivity contribution in [1.29, 1.82) is 0 Å². The van der Waals surface area contributed by atoms with Crippen LogP contribution in [0.25, 0.3) is 10.1 Å². The number of carbonyl (C=O) groups excluding carboxylic acids is 1. The fraction of sp³-hybridized carbons (Fsp3) is 0.100. The Labute approximate surface area is 98.7 Å². The molecule has 0 saturated heterocycles. The van der Waals surface area contributed by atoms with Gasteiger partial charge < -0.3 is 5.11 Å².